The summed E-state index contributed by atoms with van der Waals surface area (Å²) in [4.78, 5) is 5.68. The molecule has 1 atom stereocenters. The highest BCUT2D eigenvalue weighted by Crippen LogP contribution is 2.12. The van der Waals surface area contributed by atoms with Crippen molar-refractivity contribution < 1.29 is 4.74 Å². The molecule has 0 fully saturated rings. The second-order valence-corrected chi connectivity index (χ2v) is 5.21. The highest BCUT2D eigenvalue weighted by Gasteiger charge is 2.11. The first-order valence-corrected chi connectivity index (χ1v) is 7.43. The smallest absolute Gasteiger partial charge is 0.193 e. The Hall–Kier alpha value is -0.910. The van der Waals surface area contributed by atoms with E-state index in [1.54, 1.807) is 11.3 Å². The lowest BCUT2D eigenvalue weighted by Gasteiger charge is -2.17. The van der Waals surface area contributed by atoms with Gasteiger partial charge in [-0.1, -0.05) is 6.92 Å². The Morgan fingerprint density at radius 1 is 1.50 bits per heavy atom. The van der Waals surface area contributed by atoms with Crippen molar-refractivity contribution in [1.82, 2.24) is 14.7 Å². The van der Waals surface area contributed by atoms with Gasteiger partial charge in [0.05, 0.1) is 12.3 Å². The van der Waals surface area contributed by atoms with Crippen LogP contribution < -0.4 is 5.32 Å². The molecule has 18 heavy (non-hydrogen) atoms. The number of thiazole rings is 1. The van der Waals surface area contributed by atoms with Crippen LogP contribution in [0.15, 0.2) is 17.8 Å². The molecule has 0 saturated heterocycles. The van der Waals surface area contributed by atoms with Gasteiger partial charge in [-0.2, -0.15) is 0 Å². The second kappa shape index (κ2) is 6.87. The second-order valence-electron chi connectivity index (χ2n) is 4.34. The van der Waals surface area contributed by atoms with E-state index in [0.717, 1.165) is 43.3 Å². The summed E-state index contributed by atoms with van der Waals surface area (Å²) in [6.07, 6.45) is 6.22. The quantitative estimate of drug-likeness (QED) is 0.798. The van der Waals surface area contributed by atoms with Crippen LogP contribution >= 0.6 is 11.3 Å². The molecule has 2 rings (SSSR count). The average molecular weight is 267 g/mol. The van der Waals surface area contributed by atoms with E-state index in [0.29, 0.717) is 6.04 Å². The van der Waals surface area contributed by atoms with Crippen molar-refractivity contribution in [1.29, 1.82) is 0 Å². The first kappa shape index (κ1) is 13.5. The van der Waals surface area contributed by atoms with Crippen molar-refractivity contribution in [3.05, 3.63) is 23.5 Å². The maximum absolute atomic E-state index is 5.53. The Balaban J connectivity index is 1.95. The van der Waals surface area contributed by atoms with Crippen LogP contribution in [-0.4, -0.2) is 35.2 Å². The molecule has 0 bridgehead atoms. The number of ether oxygens (including phenoxy) is 1. The van der Waals surface area contributed by atoms with Gasteiger partial charge in [0.2, 0.25) is 0 Å². The zero-order valence-electron chi connectivity index (χ0n) is 11.1. The Morgan fingerprint density at radius 2 is 2.39 bits per heavy atom. The summed E-state index contributed by atoms with van der Waals surface area (Å²) < 4.78 is 7.61. The molecule has 2 aromatic rings. The van der Waals surface area contributed by atoms with Crippen LogP contribution in [0.3, 0.4) is 0 Å². The van der Waals surface area contributed by atoms with Crippen molar-refractivity contribution in [2.75, 3.05) is 19.8 Å². The minimum absolute atomic E-state index is 0.356. The lowest BCUT2D eigenvalue weighted by atomic mass is 10.2. The minimum atomic E-state index is 0.356. The zero-order valence-corrected chi connectivity index (χ0v) is 11.9. The highest BCUT2D eigenvalue weighted by molar-refractivity contribution is 7.15. The van der Waals surface area contributed by atoms with Gasteiger partial charge in [-0.25, -0.2) is 4.98 Å². The van der Waals surface area contributed by atoms with E-state index in [1.165, 1.54) is 0 Å². The Morgan fingerprint density at radius 3 is 3.11 bits per heavy atom. The molecular weight excluding hydrogens is 246 g/mol. The monoisotopic (exact) mass is 267 g/mol. The van der Waals surface area contributed by atoms with Gasteiger partial charge in [-0.3, -0.25) is 4.40 Å². The van der Waals surface area contributed by atoms with E-state index in [1.807, 2.05) is 13.1 Å². The van der Waals surface area contributed by atoms with Crippen LogP contribution in [0.2, 0.25) is 0 Å². The Labute approximate surface area is 112 Å². The maximum atomic E-state index is 5.53. The summed E-state index contributed by atoms with van der Waals surface area (Å²) in [5.74, 6) is 0. The molecular formula is C13H21N3OS. The molecule has 0 aliphatic heterocycles. The highest BCUT2D eigenvalue weighted by atomic mass is 32.1. The van der Waals surface area contributed by atoms with Crippen molar-refractivity contribution in [3.8, 4) is 0 Å². The summed E-state index contributed by atoms with van der Waals surface area (Å²) in [6, 6.07) is 0.356. The van der Waals surface area contributed by atoms with Gasteiger partial charge in [-0.05, 0) is 19.9 Å². The van der Waals surface area contributed by atoms with Gasteiger partial charge in [0.15, 0.2) is 4.96 Å². The van der Waals surface area contributed by atoms with Gasteiger partial charge < -0.3 is 10.1 Å². The Kier molecular flexibility index (Phi) is 5.16. The molecule has 0 spiro atoms. The van der Waals surface area contributed by atoms with Gasteiger partial charge in [0.1, 0.15) is 0 Å². The predicted octanol–water partition coefficient (Wildman–Crippen LogP) is 2.34. The first-order chi connectivity index (χ1) is 8.83. The third-order valence-electron chi connectivity index (χ3n) is 2.80. The molecule has 5 heteroatoms. The molecule has 0 saturated carbocycles. The van der Waals surface area contributed by atoms with Crippen LogP contribution in [0.4, 0.5) is 0 Å². The number of imidazole rings is 1. The van der Waals surface area contributed by atoms with Gasteiger partial charge in [0.25, 0.3) is 0 Å². The predicted molar refractivity (Wildman–Crippen MR) is 75.3 cm³/mol. The van der Waals surface area contributed by atoms with Crippen LogP contribution in [-0.2, 0) is 11.2 Å². The minimum Gasteiger partial charge on any atom is -0.380 e. The summed E-state index contributed by atoms with van der Waals surface area (Å²) >= 11 is 1.67. The third-order valence-corrected chi connectivity index (χ3v) is 3.58. The van der Waals surface area contributed by atoms with E-state index < -0.39 is 0 Å². The molecule has 0 radical (unpaired) electrons. The number of hydrogen-bond donors (Lipinski definition) is 1. The molecule has 2 heterocycles. The lowest BCUT2D eigenvalue weighted by molar-refractivity contribution is 0.122. The van der Waals surface area contributed by atoms with Gasteiger partial charge in [0, 0.05) is 36.8 Å². The molecule has 1 N–H and O–H groups in total. The van der Waals surface area contributed by atoms with Crippen LogP contribution in [0, 0.1) is 0 Å². The SMILES string of the molecule is CCCNC(COCC)Cc1cn2ccsc2n1. The van der Waals surface area contributed by atoms with Crippen molar-refractivity contribution in [3.63, 3.8) is 0 Å². The summed E-state index contributed by atoms with van der Waals surface area (Å²) in [5, 5.41) is 5.57. The topological polar surface area (TPSA) is 38.6 Å². The molecule has 0 aromatic carbocycles. The number of rotatable bonds is 8. The van der Waals surface area contributed by atoms with E-state index in [2.05, 4.69) is 33.2 Å². The molecule has 0 amide bonds. The standard InChI is InChI=1S/C13H21N3OS/c1-3-5-14-12(10-17-4-2)8-11-9-16-6-7-18-13(16)15-11/h6-7,9,12,14H,3-5,8,10H2,1-2H3. The largest absolute Gasteiger partial charge is 0.380 e. The fraction of sp³-hybridized carbons (Fsp3) is 0.615. The summed E-state index contributed by atoms with van der Waals surface area (Å²) in [6.45, 7) is 6.75. The summed E-state index contributed by atoms with van der Waals surface area (Å²) in [7, 11) is 0. The number of hydrogen-bond acceptors (Lipinski definition) is 4. The van der Waals surface area contributed by atoms with Gasteiger partial charge in [-0.15, -0.1) is 11.3 Å². The van der Waals surface area contributed by atoms with E-state index in [4.69, 9.17) is 4.74 Å². The van der Waals surface area contributed by atoms with Gasteiger partial charge >= 0.3 is 0 Å². The lowest BCUT2D eigenvalue weighted by Crippen LogP contribution is -2.36. The number of aromatic nitrogens is 2. The number of nitrogens with zero attached hydrogens (tertiary/aromatic N) is 2. The number of nitrogens with one attached hydrogen (secondary N) is 1. The summed E-state index contributed by atoms with van der Waals surface area (Å²) in [5.41, 5.74) is 1.13. The molecule has 4 nitrogen and oxygen atoms in total. The van der Waals surface area contributed by atoms with E-state index in [9.17, 15) is 0 Å². The normalized spacial score (nSPS) is 13.2. The van der Waals surface area contributed by atoms with Crippen LogP contribution in [0.1, 0.15) is 26.0 Å². The fourth-order valence-corrected chi connectivity index (χ4v) is 2.64. The van der Waals surface area contributed by atoms with Crippen molar-refractivity contribution in [2.45, 2.75) is 32.7 Å². The average Bonchev–Trinajstić information content (AvgIpc) is 2.93. The van der Waals surface area contributed by atoms with Crippen LogP contribution in [0.25, 0.3) is 4.96 Å². The van der Waals surface area contributed by atoms with Crippen molar-refractivity contribution >= 4 is 16.3 Å². The maximum Gasteiger partial charge on any atom is 0.193 e. The zero-order chi connectivity index (χ0) is 12.8. The van der Waals surface area contributed by atoms with E-state index >= 15 is 0 Å². The molecule has 1 unspecified atom stereocenters. The third kappa shape index (κ3) is 3.54. The molecule has 2 aromatic heterocycles. The molecule has 100 valence electrons. The van der Waals surface area contributed by atoms with Crippen molar-refractivity contribution in [2.24, 2.45) is 0 Å². The molecule has 0 aliphatic carbocycles. The van der Waals surface area contributed by atoms with E-state index in [-0.39, 0.29) is 0 Å². The fourth-order valence-electron chi connectivity index (χ4n) is 1.93. The number of fused-ring (bicyclic) bond motifs is 1. The molecule has 0 aliphatic rings. The first-order valence-electron chi connectivity index (χ1n) is 6.55. The Bertz CT molecular complexity index is 429. The van der Waals surface area contributed by atoms with Crippen LogP contribution in [0.5, 0.6) is 0 Å².